The van der Waals surface area contributed by atoms with E-state index in [1.54, 1.807) is 11.9 Å². The summed E-state index contributed by atoms with van der Waals surface area (Å²) in [5.74, 6) is 0.0631. The lowest BCUT2D eigenvalue weighted by Gasteiger charge is -2.23. The molecule has 2 aromatic rings. The first-order chi connectivity index (χ1) is 9.66. The van der Waals surface area contributed by atoms with Crippen LogP contribution in [0.15, 0.2) is 60.7 Å². The third-order valence-corrected chi connectivity index (χ3v) is 3.73. The molecule has 0 aliphatic heterocycles. The van der Waals surface area contributed by atoms with Crippen LogP contribution in [0, 0.1) is 0 Å². The van der Waals surface area contributed by atoms with E-state index in [1.807, 2.05) is 65.0 Å². The predicted molar refractivity (Wildman–Crippen MR) is 85.5 cm³/mol. The Bertz CT molecular complexity index is 539. The molecule has 0 saturated heterocycles. The van der Waals surface area contributed by atoms with Crippen molar-refractivity contribution in [3.63, 3.8) is 0 Å². The van der Waals surface area contributed by atoms with Gasteiger partial charge in [0.05, 0.1) is 6.54 Å². The van der Waals surface area contributed by atoms with Crippen LogP contribution in [0.1, 0.15) is 29.8 Å². The van der Waals surface area contributed by atoms with Crippen molar-refractivity contribution in [3.05, 3.63) is 71.8 Å². The van der Waals surface area contributed by atoms with Crippen molar-refractivity contribution in [2.75, 3.05) is 0 Å². The van der Waals surface area contributed by atoms with Crippen LogP contribution in [0.25, 0.3) is 0 Å². The van der Waals surface area contributed by atoms with Crippen LogP contribution >= 0.6 is 11.9 Å². The molecule has 0 aliphatic carbocycles. The molecule has 0 saturated carbocycles. The minimum absolute atomic E-state index is 0.0631. The normalized spacial score (nSPS) is 10.6. The van der Waals surface area contributed by atoms with E-state index in [0.29, 0.717) is 11.8 Å². The van der Waals surface area contributed by atoms with Gasteiger partial charge in [0.15, 0.2) is 0 Å². The number of carbonyl (C=O) groups excluding carboxylic acids is 1. The Labute approximate surface area is 124 Å². The maximum Gasteiger partial charge on any atom is 0.264 e. The number of hydrogen-bond acceptors (Lipinski definition) is 2. The van der Waals surface area contributed by atoms with Gasteiger partial charge in [0.2, 0.25) is 0 Å². The molecule has 0 radical (unpaired) electrons. The van der Waals surface area contributed by atoms with E-state index in [9.17, 15) is 4.79 Å². The average Bonchev–Trinajstić information content (AvgIpc) is 2.47. The molecular formula is C17H19NOS. The van der Waals surface area contributed by atoms with Gasteiger partial charge < -0.3 is 0 Å². The molecule has 104 valence electrons. The van der Waals surface area contributed by atoms with Crippen molar-refractivity contribution in [3.8, 4) is 0 Å². The SMILES string of the molecule is CC(C)SN(Cc1ccccc1)C(=O)c1ccccc1. The van der Waals surface area contributed by atoms with Gasteiger partial charge >= 0.3 is 0 Å². The molecule has 0 atom stereocenters. The number of rotatable bonds is 5. The smallest absolute Gasteiger partial charge is 0.264 e. The second-order valence-corrected chi connectivity index (χ2v) is 6.44. The van der Waals surface area contributed by atoms with E-state index in [2.05, 4.69) is 13.8 Å². The summed E-state index contributed by atoms with van der Waals surface area (Å²) in [4.78, 5) is 12.6. The lowest BCUT2D eigenvalue weighted by molar-refractivity contribution is 0.0865. The highest BCUT2D eigenvalue weighted by Gasteiger charge is 2.17. The van der Waals surface area contributed by atoms with Crippen LogP contribution in [0.4, 0.5) is 0 Å². The zero-order chi connectivity index (χ0) is 14.4. The van der Waals surface area contributed by atoms with Gasteiger partial charge in [-0.3, -0.25) is 9.10 Å². The van der Waals surface area contributed by atoms with Gasteiger partial charge in [-0.1, -0.05) is 62.4 Å². The minimum atomic E-state index is 0.0631. The fraction of sp³-hybridized carbons (Fsp3) is 0.235. The first kappa shape index (κ1) is 14.7. The van der Waals surface area contributed by atoms with Crippen molar-refractivity contribution in [1.29, 1.82) is 0 Å². The maximum atomic E-state index is 12.6. The molecule has 1 amide bonds. The fourth-order valence-electron chi connectivity index (χ4n) is 1.89. The largest absolute Gasteiger partial charge is 0.278 e. The van der Waals surface area contributed by atoms with E-state index < -0.39 is 0 Å². The quantitative estimate of drug-likeness (QED) is 0.760. The Morgan fingerprint density at radius 2 is 1.55 bits per heavy atom. The molecule has 0 bridgehead atoms. The third kappa shape index (κ3) is 4.14. The third-order valence-electron chi connectivity index (χ3n) is 2.75. The molecule has 0 spiro atoms. The Hall–Kier alpha value is -1.74. The number of benzene rings is 2. The van der Waals surface area contributed by atoms with Crippen molar-refractivity contribution in [1.82, 2.24) is 4.31 Å². The summed E-state index contributed by atoms with van der Waals surface area (Å²) in [6.07, 6.45) is 0. The minimum Gasteiger partial charge on any atom is -0.278 e. The summed E-state index contributed by atoms with van der Waals surface area (Å²) in [7, 11) is 0. The van der Waals surface area contributed by atoms with Crippen LogP contribution in [0.2, 0.25) is 0 Å². The van der Waals surface area contributed by atoms with E-state index in [-0.39, 0.29) is 5.91 Å². The molecule has 0 unspecified atom stereocenters. The van der Waals surface area contributed by atoms with Crippen LogP contribution in [0.3, 0.4) is 0 Å². The molecule has 2 rings (SSSR count). The van der Waals surface area contributed by atoms with Gasteiger partial charge in [0.1, 0.15) is 0 Å². The van der Waals surface area contributed by atoms with E-state index >= 15 is 0 Å². The zero-order valence-electron chi connectivity index (χ0n) is 11.8. The topological polar surface area (TPSA) is 20.3 Å². The number of amides is 1. The molecule has 0 heterocycles. The number of nitrogens with zero attached hydrogens (tertiary/aromatic N) is 1. The Morgan fingerprint density at radius 1 is 1.00 bits per heavy atom. The predicted octanol–water partition coefficient (Wildman–Crippen LogP) is 4.39. The highest BCUT2D eigenvalue weighted by atomic mass is 32.2. The first-order valence-electron chi connectivity index (χ1n) is 6.74. The van der Waals surface area contributed by atoms with Gasteiger partial charge in [0, 0.05) is 10.8 Å². The molecular weight excluding hydrogens is 266 g/mol. The Kier molecular flexibility index (Phi) is 5.24. The molecule has 0 fully saturated rings. The van der Waals surface area contributed by atoms with Crippen molar-refractivity contribution in [2.45, 2.75) is 25.6 Å². The summed E-state index contributed by atoms with van der Waals surface area (Å²) < 4.78 is 1.84. The van der Waals surface area contributed by atoms with Crippen LogP contribution < -0.4 is 0 Å². The molecule has 20 heavy (non-hydrogen) atoms. The standard InChI is InChI=1S/C17H19NOS/c1-14(2)20-18(13-15-9-5-3-6-10-15)17(19)16-11-7-4-8-12-16/h3-12,14H,13H2,1-2H3. The highest BCUT2D eigenvalue weighted by Crippen LogP contribution is 2.22. The van der Waals surface area contributed by atoms with E-state index in [0.717, 1.165) is 11.1 Å². The summed E-state index contributed by atoms with van der Waals surface area (Å²) >= 11 is 1.58. The average molecular weight is 285 g/mol. The lowest BCUT2D eigenvalue weighted by Crippen LogP contribution is -2.25. The molecule has 2 nitrogen and oxygen atoms in total. The monoisotopic (exact) mass is 285 g/mol. The zero-order valence-corrected chi connectivity index (χ0v) is 12.6. The Morgan fingerprint density at radius 3 is 2.10 bits per heavy atom. The molecule has 0 N–H and O–H groups in total. The van der Waals surface area contributed by atoms with Gasteiger partial charge in [-0.05, 0) is 29.6 Å². The number of hydrogen-bond donors (Lipinski definition) is 0. The Balaban J connectivity index is 2.17. The molecule has 2 aromatic carbocycles. The van der Waals surface area contributed by atoms with E-state index in [4.69, 9.17) is 0 Å². The second-order valence-electron chi connectivity index (χ2n) is 4.85. The molecule has 3 heteroatoms. The van der Waals surface area contributed by atoms with Crippen molar-refractivity contribution in [2.24, 2.45) is 0 Å². The summed E-state index contributed by atoms with van der Waals surface area (Å²) in [5.41, 5.74) is 1.88. The highest BCUT2D eigenvalue weighted by molar-refractivity contribution is 7.98. The summed E-state index contributed by atoms with van der Waals surface area (Å²) in [6, 6.07) is 19.5. The summed E-state index contributed by atoms with van der Waals surface area (Å²) in [5, 5.41) is 0.367. The maximum absolute atomic E-state index is 12.6. The second kappa shape index (κ2) is 7.15. The number of carbonyl (C=O) groups is 1. The van der Waals surface area contributed by atoms with Crippen molar-refractivity contribution < 1.29 is 4.79 Å². The van der Waals surface area contributed by atoms with Crippen LogP contribution in [0.5, 0.6) is 0 Å². The lowest BCUT2D eigenvalue weighted by atomic mass is 10.2. The van der Waals surface area contributed by atoms with Crippen LogP contribution in [-0.2, 0) is 6.54 Å². The summed E-state index contributed by atoms with van der Waals surface area (Å²) in [6.45, 7) is 4.82. The molecule has 0 aliphatic rings. The van der Waals surface area contributed by atoms with Crippen LogP contribution in [-0.4, -0.2) is 15.5 Å². The fourth-order valence-corrected chi connectivity index (χ4v) is 2.82. The molecule has 0 aromatic heterocycles. The van der Waals surface area contributed by atoms with Gasteiger partial charge in [-0.25, -0.2) is 0 Å². The van der Waals surface area contributed by atoms with Crippen molar-refractivity contribution >= 4 is 17.9 Å². The van der Waals surface area contributed by atoms with E-state index in [1.165, 1.54) is 0 Å². The first-order valence-corrected chi connectivity index (χ1v) is 7.58. The van der Waals surface area contributed by atoms with Gasteiger partial charge in [0.25, 0.3) is 5.91 Å². The van der Waals surface area contributed by atoms with Gasteiger partial charge in [-0.2, -0.15) is 0 Å². The van der Waals surface area contributed by atoms with Gasteiger partial charge in [-0.15, -0.1) is 0 Å².